The Morgan fingerprint density at radius 3 is 2.89 bits per heavy atom. The van der Waals surface area contributed by atoms with E-state index in [0.29, 0.717) is 32.2 Å². The molecular weight excluding hydrogens is 246 g/mol. The normalized spacial score (nSPS) is 24.7. The van der Waals surface area contributed by atoms with Crippen LogP contribution in [0.25, 0.3) is 0 Å². The number of hydrogen-bond acceptors (Lipinski definition) is 4. The molecule has 2 fully saturated rings. The van der Waals surface area contributed by atoms with Crippen LogP contribution in [0.3, 0.4) is 0 Å². The number of methoxy groups -OCH3 is 1. The van der Waals surface area contributed by atoms with Gasteiger partial charge >= 0.3 is 6.03 Å². The second-order valence-electron chi connectivity index (χ2n) is 5.23. The lowest BCUT2D eigenvalue weighted by molar-refractivity contribution is 0.0530. The van der Waals surface area contributed by atoms with E-state index in [0.717, 1.165) is 39.2 Å². The van der Waals surface area contributed by atoms with E-state index in [1.807, 2.05) is 4.90 Å². The number of carbonyl (C=O) groups excluding carboxylic acids is 1. The molecule has 0 aromatic heterocycles. The summed E-state index contributed by atoms with van der Waals surface area (Å²) in [6.45, 7) is 7.45. The summed E-state index contributed by atoms with van der Waals surface area (Å²) >= 11 is 0. The van der Waals surface area contributed by atoms with Gasteiger partial charge in [0.15, 0.2) is 0 Å². The average Bonchev–Trinajstić information content (AvgIpc) is 2.91. The van der Waals surface area contributed by atoms with Gasteiger partial charge in [-0.15, -0.1) is 0 Å². The first-order chi connectivity index (χ1) is 9.29. The third-order valence-corrected chi connectivity index (χ3v) is 3.82. The molecule has 6 heteroatoms. The van der Waals surface area contributed by atoms with Crippen molar-refractivity contribution >= 4 is 6.03 Å². The van der Waals surface area contributed by atoms with Crippen LogP contribution in [0.5, 0.6) is 0 Å². The predicted molar refractivity (Wildman–Crippen MR) is 72.2 cm³/mol. The van der Waals surface area contributed by atoms with Gasteiger partial charge in [0, 0.05) is 39.8 Å². The Morgan fingerprint density at radius 2 is 2.16 bits per heavy atom. The van der Waals surface area contributed by atoms with Gasteiger partial charge in [0.25, 0.3) is 0 Å². The van der Waals surface area contributed by atoms with Crippen molar-refractivity contribution in [2.45, 2.75) is 6.42 Å². The van der Waals surface area contributed by atoms with Crippen molar-refractivity contribution in [3.63, 3.8) is 0 Å². The van der Waals surface area contributed by atoms with Gasteiger partial charge in [-0.2, -0.15) is 0 Å². The van der Waals surface area contributed by atoms with E-state index in [-0.39, 0.29) is 6.03 Å². The summed E-state index contributed by atoms with van der Waals surface area (Å²) < 4.78 is 10.3. The summed E-state index contributed by atoms with van der Waals surface area (Å²) in [6.07, 6.45) is 1.16. The lowest BCUT2D eigenvalue weighted by Crippen LogP contribution is -2.47. The number of hydrogen-bond donors (Lipinski definition) is 1. The average molecular weight is 271 g/mol. The van der Waals surface area contributed by atoms with Crippen molar-refractivity contribution in [3.05, 3.63) is 0 Å². The molecular formula is C13H25N3O3. The minimum absolute atomic E-state index is 0.0543. The highest BCUT2D eigenvalue weighted by atomic mass is 16.5. The molecule has 2 rings (SSSR count). The van der Waals surface area contributed by atoms with Crippen LogP contribution in [0.4, 0.5) is 4.79 Å². The standard InChI is InChI=1S/C13H25N3O3/c1-18-7-4-15-3-2-12(11-15)10-14-13(17)16-5-8-19-9-6-16/h12H,2-11H2,1H3,(H,14,17). The molecule has 1 atom stereocenters. The zero-order valence-electron chi connectivity index (χ0n) is 11.8. The molecule has 2 aliphatic rings. The van der Waals surface area contributed by atoms with E-state index in [1.165, 1.54) is 0 Å². The van der Waals surface area contributed by atoms with Crippen LogP contribution in [0.15, 0.2) is 0 Å². The second kappa shape index (κ2) is 7.67. The van der Waals surface area contributed by atoms with Crippen molar-refractivity contribution < 1.29 is 14.3 Å². The van der Waals surface area contributed by atoms with Crippen LogP contribution in [0, 0.1) is 5.92 Å². The van der Waals surface area contributed by atoms with Gasteiger partial charge in [0.2, 0.25) is 0 Å². The number of nitrogens with one attached hydrogen (secondary N) is 1. The van der Waals surface area contributed by atoms with Gasteiger partial charge in [-0.1, -0.05) is 0 Å². The molecule has 0 bridgehead atoms. The van der Waals surface area contributed by atoms with Crippen molar-refractivity contribution in [2.75, 3.05) is 66.2 Å². The number of nitrogens with zero attached hydrogens (tertiary/aromatic N) is 2. The highest BCUT2D eigenvalue weighted by Crippen LogP contribution is 2.14. The van der Waals surface area contributed by atoms with Gasteiger partial charge in [0.05, 0.1) is 19.8 Å². The fourth-order valence-electron chi connectivity index (χ4n) is 2.61. The van der Waals surface area contributed by atoms with Crippen LogP contribution in [0.1, 0.15) is 6.42 Å². The zero-order chi connectivity index (χ0) is 13.5. The van der Waals surface area contributed by atoms with E-state index in [1.54, 1.807) is 7.11 Å². The fraction of sp³-hybridized carbons (Fsp3) is 0.923. The van der Waals surface area contributed by atoms with Crippen molar-refractivity contribution in [3.8, 4) is 0 Å². The maximum atomic E-state index is 11.9. The molecule has 110 valence electrons. The van der Waals surface area contributed by atoms with Crippen molar-refractivity contribution in [2.24, 2.45) is 5.92 Å². The third-order valence-electron chi connectivity index (χ3n) is 3.82. The summed E-state index contributed by atoms with van der Waals surface area (Å²) in [5.41, 5.74) is 0. The Kier molecular flexibility index (Phi) is 5.88. The van der Waals surface area contributed by atoms with Gasteiger partial charge in [0.1, 0.15) is 0 Å². The van der Waals surface area contributed by atoms with Crippen LogP contribution in [-0.2, 0) is 9.47 Å². The number of rotatable bonds is 5. The molecule has 0 aliphatic carbocycles. The molecule has 0 saturated carbocycles. The maximum Gasteiger partial charge on any atom is 0.317 e. The molecule has 0 aromatic rings. The molecule has 2 saturated heterocycles. The van der Waals surface area contributed by atoms with Crippen molar-refractivity contribution in [1.82, 2.24) is 15.1 Å². The SMILES string of the molecule is COCCN1CCC(CNC(=O)N2CCOCC2)C1. The van der Waals surface area contributed by atoms with Crippen molar-refractivity contribution in [1.29, 1.82) is 0 Å². The first kappa shape index (κ1) is 14.6. The van der Waals surface area contributed by atoms with E-state index < -0.39 is 0 Å². The summed E-state index contributed by atoms with van der Waals surface area (Å²) in [4.78, 5) is 16.2. The largest absolute Gasteiger partial charge is 0.383 e. The number of carbonyl (C=O) groups is 1. The number of likely N-dealkylation sites (tertiary alicyclic amines) is 1. The molecule has 19 heavy (non-hydrogen) atoms. The lowest BCUT2D eigenvalue weighted by Gasteiger charge is -2.27. The molecule has 1 unspecified atom stereocenters. The first-order valence-electron chi connectivity index (χ1n) is 7.11. The molecule has 2 heterocycles. The van der Waals surface area contributed by atoms with E-state index in [4.69, 9.17) is 9.47 Å². The number of morpholine rings is 1. The van der Waals surface area contributed by atoms with Gasteiger partial charge in [-0.25, -0.2) is 4.79 Å². The number of amides is 2. The van der Waals surface area contributed by atoms with Gasteiger partial charge < -0.3 is 24.6 Å². The summed E-state index contributed by atoms with van der Waals surface area (Å²) in [7, 11) is 1.73. The molecule has 0 aromatic carbocycles. The monoisotopic (exact) mass is 271 g/mol. The molecule has 1 N–H and O–H groups in total. The molecule has 2 amide bonds. The fourth-order valence-corrected chi connectivity index (χ4v) is 2.61. The van der Waals surface area contributed by atoms with Gasteiger partial charge in [-0.3, -0.25) is 0 Å². The highest BCUT2D eigenvalue weighted by molar-refractivity contribution is 5.74. The Bertz CT molecular complexity index is 282. The predicted octanol–water partition coefficient (Wildman–Crippen LogP) is -0.00350. The smallest absolute Gasteiger partial charge is 0.317 e. The van der Waals surface area contributed by atoms with Gasteiger partial charge in [-0.05, 0) is 18.9 Å². The summed E-state index contributed by atoms with van der Waals surface area (Å²) in [5.74, 6) is 0.571. The van der Waals surface area contributed by atoms with E-state index in [9.17, 15) is 4.79 Å². The van der Waals surface area contributed by atoms with Crippen LogP contribution in [-0.4, -0.2) is 82.0 Å². The number of urea groups is 1. The molecule has 0 spiro atoms. The topological polar surface area (TPSA) is 54.0 Å². The molecule has 0 radical (unpaired) electrons. The minimum atomic E-state index is 0.0543. The Morgan fingerprint density at radius 1 is 1.37 bits per heavy atom. The van der Waals surface area contributed by atoms with E-state index >= 15 is 0 Å². The highest BCUT2D eigenvalue weighted by Gasteiger charge is 2.23. The second-order valence-corrected chi connectivity index (χ2v) is 5.23. The zero-order valence-corrected chi connectivity index (χ0v) is 11.8. The quantitative estimate of drug-likeness (QED) is 0.764. The van der Waals surface area contributed by atoms with E-state index in [2.05, 4.69) is 10.2 Å². The minimum Gasteiger partial charge on any atom is -0.383 e. The van der Waals surface area contributed by atoms with Crippen LogP contribution in [0.2, 0.25) is 0 Å². The van der Waals surface area contributed by atoms with Crippen LogP contribution >= 0.6 is 0 Å². The third kappa shape index (κ3) is 4.63. The first-order valence-corrected chi connectivity index (χ1v) is 7.11. The maximum absolute atomic E-state index is 11.9. The summed E-state index contributed by atoms with van der Waals surface area (Å²) in [5, 5.41) is 3.04. The lowest BCUT2D eigenvalue weighted by atomic mass is 10.1. The number of ether oxygens (including phenoxy) is 2. The Balaban J connectivity index is 1.61. The molecule has 6 nitrogen and oxygen atoms in total. The Labute approximate surface area is 115 Å². The van der Waals surface area contributed by atoms with Crippen LogP contribution < -0.4 is 5.32 Å². The Hall–Kier alpha value is -0.850. The molecule has 2 aliphatic heterocycles. The summed E-state index contributed by atoms with van der Waals surface area (Å²) in [6, 6.07) is 0.0543.